The van der Waals surface area contributed by atoms with Gasteiger partial charge < -0.3 is 5.73 Å². The van der Waals surface area contributed by atoms with E-state index in [4.69, 9.17) is 10.6 Å². The van der Waals surface area contributed by atoms with Crippen molar-refractivity contribution in [1.29, 1.82) is 0 Å². The molecule has 1 aliphatic heterocycles. The molecule has 1 heterocycles. The van der Waals surface area contributed by atoms with Crippen molar-refractivity contribution in [2.75, 3.05) is 23.9 Å². The second-order valence-corrected chi connectivity index (χ2v) is 3.63. The molecule has 14 heavy (non-hydrogen) atoms. The second-order valence-electron chi connectivity index (χ2n) is 3.63. The van der Waals surface area contributed by atoms with E-state index < -0.39 is 0 Å². The average Bonchev–Trinajstić information content (AvgIpc) is 2.23. The van der Waals surface area contributed by atoms with Gasteiger partial charge in [0.05, 0.1) is 12.3 Å². The smallest absolute Gasteiger partial charge is 0.0749 e. The minimum absolute atomic E-state index is 0.814. The number of benzene rings is 1. The molecule has 0 aliphatic carbocycles. The molecule has 1 aromatic rings. The SMILES string of the molecule is Cc1c(N)cccc1N1CCCCO1. The lowest BCUT2D eigenvalue weighted by atomic mass is 10.1. The van der Waals surface area contributed by atoms with Crippen molar-refractivity contribution in [2.45, 2.75) is 19.8 Å². The number of hydroxylamine groups is 1. The van der Waals surface area contributed by atoms with E-state index in [0.29, 0.717) is 0 Å². The number of hydrogen-bond acceptors (Lipinski definition) is 3. The second kappa shape index (κ2) is 3.88. The van der Waals surface area contributed by atoms with E-state index in [2.05, 4.69) is 6.07 Å². The van der Waals surface area contributed by atoms with Crippen molar-refractivity contribution in [3.05, 3.63) is 23.8 Å². The molecule has 3 heteroatoms. The van der Waals surface area contributed by atoms with E-state index in [1.54, 1.807) is 0 Å². The van der Waals surface area contributed by atoms with Crippen LogP contribution in [0.4, 0.5) is 11.4 Å². The number of nitrogens with zero attached hydrogens (tertiary/aromatic N) is 1. The number of nitrogen functional groups attached to an aromatic ring is 1. The Morgan fingerprint density at radius 3 is 2.93 bits per heavy atom. The summed E-state index contributed by atoms with van der Waals surface area (Å²) in [5.74, 6) is 0. The van der Waals surface area contributed by atoms with Crippen molar-refractivity contribution < 1.29 is 4.84 Å². The van der Waals surface area contributed by atoms with Crippen molar-refractivity contribution in [1.82, 2.24) is 0 Å². The van der Waals surface area contributed by atoms with Gasteiger partial charge in [0.2, 0.25) is 0 Å². The number of anilines is 2. The van der Waals surface area contributed by atoms with Crippen LogP contribution in [0.1, 0.15) is 18.4 Å². The lowest BCUT2D eigenvalue weighted by Gasteiger charge is -2.29. The van der Waals surface area contributed by atoms with Gasteiger partial charge in [0.25, 0.3) is 0 Å². The molecule has 0 radical (unpaired) electrons. The molecule has 1 aromatic carbocycles. The van der Waals surface area contributed by atoms with Gasteiger partial charge in [0.15, 0.2) is 0 Å². The fourth-order valence-electron chi connectivity index (χ4n) is 1.70. The van der Waals surface area contributed by atoms with Gasteiger partial charge in [-0.1, -0.05) is 6.07 Å². The highest BCUT2D eigenvalue weighted by Gasteiger charge is 2.14. The van der Waals surface area contributed by atoms with Crippen LogP contribution in [-0.4, -0.2) is 13.2 Å². The fourth-order valence-corrected chi connectivity index (χ4v) is 1.70. The molecule has 0 aromatic heterocycles. The standard InChI is InChI=1S/C11H16N2O/c1-9-10(12)5-4-6-11(9)13-7-2-3-8-14-13/h4-6H,2-3,7-8,12H2,1H3. The molecular weight excluding hydrogens is 176 g/mol. The van der Waals surface area contributed by atoms with Gasteiger partial charge in [0, 0.05) is 12.2 Å². The largest absolute Gasteiger partial charge is 0.398 e. The van der Waals surface area contributed by atoms with Crippen molar-refractivity contribution >= 4 is 11.4 Å². The van der Waals surface area contributed by atoms with Gasteiger partial charge in [-0.25, -0.2) is 0 Å². The molecular formula is C11H16N2O. The normalized spacial score (nSPS) is 17.1. The van der Waals surface area contributed by atoms with Crippen LogP contribution in [-0.2, 0) is 4.84 Å². The average molecular weight is 192 g/mol. The number of hydrogen-bond donors (Lipinski definition) is 1. The Morgan fingerprint density at radius 2 is 2.21 bits per heavy atom. The summed E-state index contributed by atoms with van der Waals surface area (Å²) in [6, 6.07) is 5.94. The predicted molar refractivity (Wildman–Crippen MR) is 58.1 cm³/mol. The highest BCUT2D eigenvalue weighted by molar-refractivity contribution is 5.63. The molecule has 2 N–H and O–H groups in total. The molecule has 0 bridgehead atoms. The van der Waals surface area contributed by atoms with E-state index in [1.807, 2.05) is 24.1 Å². The van der Waals surface area contributed by atoms with Gasteiger partial charge in [-0.15, -0.1) is 0 Å². The van der Waals surface area contributed by atoms with Gasteiger partial charge in [-0.3, -0.25) is 9.90 Å². The maximum absolute atomic E-state index is 5.85. The Balaban J connectivity index is 2.26. The van der Waals surface area contributed by atoms with Gasteiger partial charge in [-0.2, -0.15) is 0 Å². The third-order valence-corrected chi connectivity index (χ3v) is 2.62. The Hall–Kier alpha value is -1.22. The molecule has 0 atom stereocenters. The summed E-state index contributed by atoms with van der Waals surface area (Å²) < 4.78 is 0. The number of nitrogens with two attached hydrogens (primary N) is 1. The van der Waals surface area contributed by atoms with E-state index in [1.165, 1.54) is 6.42 Å². The van der Waals surface area contributed by atoms with Crippen LogP contribution >= 0.6 is 0 Å². The summed E-state index contributed by atoms with van der Waals surface area (Å²) in [6.07, 6.45) is 2.34. The van der Waals surface area contributed by atoms with Crippen LogP contribution in [0.25, 0.3) is 0 Å². The molecule has 0 amide bonds. The zero-order valence-corrected chi connectivity index (χ0v) is 8.49. The molecule has 1 aliphatic rings. The van der Waals surface area contributed by atoms with E-state index >= 15 is 0 Å². The summed E-state index contributed by atoms with van der Waals surface area (Å²) in [7, 11) is 0. The molecule has 3 nitrogen and oxygen atoms in total. The summed E-state index contributed by atoms with van der Waals surface area (Å²) in [6.45, 7) is 3.81. The van der Waals surface area contributed by atoms with Gasteiger partial charge >= 0.3 is 0 Å². The minimum Gasteiger partial charge on any atom is -0.398 e. The van der Waals surface area contributed by atoms with Crippen molar-refractivity contribution in [2.24, 2.45) is 0 Å². The van der Waals surface area contributed by atoms with Gasteiger partial charge in [-0.05, 0) is 37.5 Å². The van der Waals surface area contributed by atoms with Crippen molar-refractivity contribution in [3.8, 4) is 0 Å². The van der Waals surface area contributed by atoms with Crippen LogP contribution in [0.3, 0.4) is 0 Å². The molecule has 0 spiro atoms. The molecule has 0 saturated carbocycles. The fraction of sp³-hybridized carbons (Fsp3) is 0.455. The zero-order chi connectivity index (χ0) is 9.97. The van der Waals surface area contributed by atoms with Crippen molar-refractivity contribution in [3.63, 3.8) is 0 Å². The van der Waals surface area contributed by atoms with Crippen LogP contribution < -0.4 is 10.8 Å². The third-order valence-electron chi connectivity index (χ3n) is 2.62. The first kappa shape index (κ1) is 9.34. The quantitative estimate of drug-likeness (QED) is 0.692. The lowest BCUT2D eigenvalue weighted by molar-refractivity contribution is 0.0776. The first-order valence-electron chi connectivity index (χ1n) is 5.04. The zero-order valence-electron chi connectivity index (χ0n) is 8.49. The summed E-state index contributed by atoms with van der Waals surface area (Å²) >= 11 is 0. The Morgan fingerprint density at radius 1 is 1.36 bits per heavy atom. The Kier molecular flexibility index (Phi) is 2.59. The van der Waals surface area contributed by atoms with Crippen LogP contribution in [0.15, 0.2) is 18.2 Å². The summed E-state index contributed by atoms with van der Waals surface area (Å²) in [4.78, 5) is 5.58. The molecule has 2 rings (SSSR count). The number of rotatable bonds is 1. The molecule has 1 saturated heterocycles. The van der Waals surface area contributed by atoms with Crippen LogP contribution in [0.5, 0.6) is 0 Å². The monoisotopic (exact) mass is 192 g/mol. The molecule has 0 unspecified atom stereocenters. The lowest BCUT2D eigenvalue weighted by Crippen LogP contribution is -2.30. The molecule has 1 fully saturated rings. The maximum Gasteiger partial charge on any atom is 0.0749 e. The highest BCUT2D eigenvalue weighted by Crippen LogP contribution is 2.26. The third kappa shape index (κ3) is 1.68. The Bertz CT molecular complexity index is 319. The van der Waals surface area contributed by atoms with E-state index in [-0.39, 0.29) is 0 Å². The Labute approximate surface area is 84.4 Å². The first-order valence-corrected chi connectivity index (χ1v) is 5.04. The highest BCUT2D eigenvalue weighted by atomic mass is 16.7. The summed E-state index contributed by atoms with van der Waals surface area (Å²) in [5.41, 5.74) is 8.88. The summed E-state index contributed by atoms with van der Waals surface area (Å²) in [5, 5.41) is 1.95. The topological polar surface area (TPSA) is 38.5 Å². The minimum atomic E-state index is 0.814. The van der Waals surface area contributed by atoms with E-state index in [0.717, 1.165) is 36.5 Å². The molecule has 76 valence electrons. The van der Waals surface area contributed by atoms with Crippen LogP contribution in [0.2, 0.25) is 0 Å². The van der Waals surface area contributed by atoms with E-state index in [9.17, 15) is 0 Å². The van der Waals surface area contributed by atoms with Gasteiger partial charge in [0.1, 0.15) is 0 Å². The maximum atomic E-state index is 5.85. The first-order chi connectivity index (χ1) is 6.79. The predicted octanol–water partition coefficient (Wildman–Crippen LogP) is 2.11. The van der Waals surface area contributed by atoms with Crippen LogP contribution in [0, 0.1) is 6.92 Å².